The van der Waals surface area contributed by atoms with Gasteiger partial charge in [0, 0.05) is 18.6 Å². The van der Waals surface area contributed by atoms with E-state index in [9.17, 15) is 8.42 Å². The zero-order valence-electron chi connectivity index (χ0n) is 8.07. The molecule has 0 radical (unpaired) electrons. The van der Waals surface area contributed by atoms with Gasteiger partial charge in [-0.15, -0.1) is 0 Å². The zero-order chi connectivity index (χ0) is 10.2. The van der Waals surface area contributed by atoms with E-state index in [4.69, 9.17) is 5.73 Å². The van der Waals surface area contributed by atoms with Crippen LogP contribution in [0.25, 0.3) is 0 Å². The lowest BCUT2D eigenvalue weighted by molar-refractivity contribution is 0.537. The Balaban J connectivity index is 1.71. The van der Waals surface area contributed by atoms with Gasteiger partial charge in [-0.25, -0.2) is 4.72 Å². The predicted octanol–water partition coefficient (Wildman–Crippen LogP) is -0.690. The Bertz CT molecular complexity index is 296. The van der Waals surface area contributed by atoms with Gasteiger partial charge in [0.25, 0.3) is 10.2 Å². The molecule has 0 bridgehead atoms. The van der Waals surface area contributed by atoms with Crippen molar-refractivity contribution in [2.24, 2.45) is 11.7 Å². The van der Waals surface area contributed by atoms with Gasteiger partial charge in [0.1, 0.15) is 0 Å². The lowest BCUT2D eigenvalue weighted by Gasteiger charge is -2.12. The molecule has 82 valence electrons. The van der Waals surface area contributed by atoms with E-state index in [0.29, 0.717) is 12.5 Å². The summed E-state index contributed by atoms with van der Waals surface area (Å²) in [5.41, 5.74) is 5.78. The van der Waals surface area contributed by atoms with Gasteiger partial charge >= 0.3 is 0 Å². The second-order valence-electron chi connectivity index (χ2n) is 4.25. The van der Waals surface area contributed by atoms with Gasteiger partial charge < -0.3 is 5.73 Å². The van der Waals surface area contributed by atoms with Crippen LogP contribution in [0.4, 0.5) is 0 Å². The van der Waals surface area contributed by atoms with Crippen molar-refractivity contribution in [3.05, 3.63) is 0 Å². The fourth-order valence-corrected chi connectivity index (χ4v) is 2.53. The molecular formula is C8H17N3O2S. The molecule has 0 aromatic heterocycles. The molecule has 1 unspecified atom stereocenters. The van der Waals surface area contributed by atoms with Gasteiger partial charge in [-0.2, -0.15) is 13.1 Å². The summed E-state index contributed by atoms with van der Waals surface area (Å²) in [5, 5.41) is 0. The molecule has 6 heteroatoms. The number of nitrogens with one attached hydrogen (secondary N) is 2. The predicted molar refractivity (Wildman–Crippen MR) is 53.8 cm³/mol. The minimum absolute atomic E-state index is 0.0224. The fraction of sp³-hybridized carbons (Fsp3) is 1.00. The van der Waals surface area contributed by atoms with Crippen molar-refractivity contribution in [1.82, 2.24) is 9.44 Å². The van der Waals surface area contributed by atoms with Crippen LogP contribution in [0.15, 0.2) is 0 Å². The van der Waals surface area contributed by atoms with Crippen molar-refractivity contribution in [2.45, 2.75) is 37.8 Å². The molecule has 0 aromatic carbocycles. The molecule has 14 heavy (non-hydrogen) atoms. The third-order valence-electron chi connectivity index (χ3n) is 2.64. The largest absolute Gasteiger partial charge is 0.326 e. The first-order valence-corrected chi connectivity index (χ1v) is 6.57. The van der Waals surface area contributed by atoms with Crippen molar-refractivity contribution in [3.63, 3.8) is 0 Å². The van der Waals surface area contributed by atoms with E-state index in [1.165, 1.54) is 0 Å². The van der Waals surface area contributed by atoms with Crippen LogP contribution in [0.2, 0.25) is 0 Å². The maximum absolute atomic E-state index is 11.4. The molecule has 2 aliphatic carbocycles. The third-order valence-corrected chi connectivity index (χ3v) is 3.83. The summed E-state index contributed by atoms with van der Waals surface area (Å²) in [6.45, 7) is 0.354. The van der Waals surface area contributed by atoms with E-state index in [0.717, 1.165) is 25.7 Å². The Morgan fingerprint density at radius 3 is 2.43 bits per heavy atom. The highest BCUT2D eigenvalue weighted by Crippen LogP contribution is 2.31. The number of nitrogens with two attached hydrogens (primary N) is 1. The lowest BCUT2D eigenvalue weighted by atomic mass is 10.2. The number of hydrogen-bond donors (Lipinski definition) is 3. The number of hydrogen-bond acceptors (Lipinski definition) is 3. The Morgan fingerprint density at radius 1 is 1.29 bits per heavy atom. The summed E-state index contributed by atoms with van der Waals surface area (Å²) in [5.74, 6) is 0.527. The highest BCUT2D eigenvalue weighted by molar-refractivity contribution is 7.87. The van der Waals surface area contributed by atoms with E-state index >= 15 is 0 Å². The minimum atomic E-state index is -3.30. The molecule has 0 heterocycles. The lowest BCUT2D eigenvalue weighted by Crippen LogP contribution is -2.44. The summed E-state index contributed by atoms with van der Waals surface area (Å²) in [7, 11) is -3.30. The third kappa shape index (κ3) is 3.20. The zero-order valence-corrected chi connectivity index (χ0v) is 8.89. The molecule has 2 aliphatic rings. The first kappa shape index (κ1) is 10.4. The SMILES string of the molecule is NC(CNS(=O)(=O)NC1CC1)C1CC1. The topological polar surface area (TPSA) is 84.2 Å². The highest BCUT2D eigenvalue weighted by atomic mass is 32.2. The van der Waals surface area contributed by atoms with Gasteiger partial charge in [-0.3, -0.25) is 0 Å². The summed E-state index contributed by atoms with van der Waals surface area (Å²) >= 11 is 0. The summed E-state index contributed by atoms with van der Waals surface area (Å²) in [6, 6.07) is 0.135. The first-order chi connectivity index (χ1) is 6.57. The first-order valence-electron chi connectivity index (χ1n) is 5.09. The van der Waals surface area contributed by atoms with Crippen LogP contribution in [-0.2, 0) is 10.2 Å². The quantitative estimate of drug-likeness (QED) is 0.553. The van der Waals surface area contributed by atoms with Crippen molar-refractivity contribution in [3.8, 4) is 0 Å². The normalized spacial score (nSPS) is 24.9. The van der Waals surface area contributed by atoms with E-state index in [1.807, 2.05) is 0 Å². The average Bonchev–Trinajstić information content (AvgIpc) is 2.91. The van der Waals surface area contributed by atoms with Gasteiger partial charge in [-0.1, -0.05) is 0 Å². The fourth-order valence-electron chi connectivity index (χ4n) is 1.36. The van der Waals surface area contributed by atoms with Crippen molar-refractivity contribution in [1.29, 1.82) is 0 Å². The Labute approximate surface area is 84.6 Å². The van der Waals surface area contributed by atoms with E-state index < -0.39 is 10.2 Å². The number of rotatable bonds is 6. The minimum Gasteiger partial charge on any atom is -0.326 e. The van der Waals surface area contributed by atoms with Crippen LogP contribution in [0.5, 0.6) is 0 Å². The van der Waals surface area contributed by atoms with Crippen LogP contribution in [0.1, 0.15) is 25.7 Å². The van der Waals surface area contributed by atoms with E-state index in [2.05, 4.69) is 9.44 Å². The average molecular weight is 219 g/mol. The van der Waals surface area contributed by atoms with Crippen LogP contribution in [0.3, 0.4) is 0 Å². The Hall–Kier alpha value is -0.170. The summed E-state index contributed by atoms with van der Waals surface area (Å²) in [6.07, 6.45) is 4.18. The Morgan fingerprint density at radius 2 is 1.93 bits per heavy atom. The maximum atomic E-state index is 11.4. The molecule has 0 aliphatic heterocycles. The Kier molecular flexibility index (Phi) is 2.79. The maximum Gasteiger partial charge on any atom is 0.277 e. The van der Waals surface area contributed by atoms with Crippen molar-refractivity contribution >= 4 is 10.2 Å². The smallest absolute Gasteiger partial charge is 0.277 e. The molecule has 0 aromatic rings. The molecule has 0 spiro atoms. The van der Waals surface area contributed by atoms with Gasteiger partial charge in [0.05, 0.1) is 0 Å². The summed E-state index contributed by atoms with van der Waals surface area (Å²) < 4.78 is 27.7. The van der Waals surface area contributed by atoms with Crippen LogP contribution in [0, 0.1) is 5.92 Å². The van der Waals surface area contributed by atoms with Crippen LogP contribution < -0.4 is 15.2 Å². The van der Waals surface area contributed by atoms with E-state index in [-0.39, 0.29) is 12.1 Å². The molecule has 2 fully saturated rings. The van der Waals surface area contributed by atoms with Gasteiger partial charge in [0.2, 0.25) is 0 Å². The van der Waals surface area contributed by atoms with Gasteiger partial charge in [0.15, 0.2) is 0 Å². The molecule has 2 rings (SSSR count). The van der Waals surface area contributed by atoms with Crippen molar-refractivity contribution in [2.75, 3.05) is 6.54 Å². The van der Waals surface area contributed by atoms with Gasteiger partial charge in [-0.05, 0) is 31.6 Å². The second-order valence-corrected chi connectivity index (χ2v) is 5.78. The highest BCUT2D eigenvalue weighted by Gasteiger charge is 2.30. The second kappa shape index (κ2) is 3.77. The molecular weight excluding hydrogens is 202 g/mol. The molecule has 0 amide bonds. The molecule has 4 N–H and O–H groups in total. The molecule has 0 saturated heterocycles. The van der Waals surface area contributed by atoms with E-state index in [1.54, 1.807) is 0 Å². The standard InChI is InChI=1S/C8H17N3O2S/c9-8(6-1-2-6)5-10-14(12,13)11-7-3-4-7/h6-8,10-11H,1-5,9H2. The monoisotopic (exact) mass is 219 g/mol. The summed E-state index contributed by atoms with van der Waals surface area (Å²) in [4.78, 5) is 0. The van der Waals surface area contributed by atoms with Crippen LogP contribution in [-0.4, -0.2) is 27.0 Å². The van der Waals surface area contributed by atoms with Crippen molar-refractivity contribution < 1.29 is 8.42 Å². The molecule has 1 atom stereocenters. The van der Waals surface area contributed by atoms with Crippen LogP contribution >= 0.6 is 0 Å². The molecule has 2 saturated carbocycles. The molecule has 5 nitrogen and oxygen atoms in total.